The van der Waals surface area contributed by atoms with E-state index in [-0.39, 0.29) is 11.9 Å². The lowest BCUT2D eigenvalue weighted by atomic mass is 10.0. The summed E-state index contributed by atoms with van der Waals surface area (Å²) in [7, 11) is 1.81. The van der Waals surface area contributed by atoms with Crippen molar-refractivity contribution < 1.29 is 9.53 Å². The SMILES string of the molecule is COC(=O)C1C2CN(c3ccc(-n4nc(-c5cccc6nn(C)cc56)c5cccc(C#C[Si](C)(C)C)c54)cn3)CC21. The lowest BCUT2D eigenvalue weighted by Gasteiger charge is -2.20. The zero-order valence-electron chi connectivity index (χ0n) is 23.9. The van der Waals surface area contributed by atoms with Crippen LogP contribution in [0.1, 0.15) is 5.56 Å². The molecule has 1 saturated carbocycles. The molecule has 9 heteroatoms. The maximum Gasteiger partial charge on any atom is 0.309 e. The van der Waals surface area contributed by atoms with Gasteiger partial charge in [0.1, 0.15) is 19.6 Å². The number of methoxy groups -OCH3 is 1. The van der Waals surface area contributed by atoms with Gasteiger partial charge in [0.25, 0.3) is 0 Å². The van der Waals surface area contributed by atoms with Crippen LogP contribution in [0.3, 0.4) is 0 Å². The number of carbonyl (C=O) groups is 1. The molecular formula is C32H32N6O2Si. The monoisotopic (exact) mass is 560 g/mol. The highest BCUT2D eigenvalue weighted by atomic mass is 28.3. The molecule has 0 bridgehead atoms. The van der Waals surface area contributed by atoms with Crippen LogP contribution < -0.4 is 4.90 Å². The van der Waals surface area contributed by atoms with E-state index in [1.165, 1.54) is 7.11 Å². The van der Waals surface area contributed by atoms with E-state index in [9.17, 15) is 4.79 Å². The summed E-state index contributed by atoms with van der Waals surface area (Å²) in [6, 6.07) is 16.6. The summed E-state index contributed by atoms with van der Waals surface area (Å²) in [5.41, 5.74) is 9.22. The number of hydrogen-bond acceptors (Lipinski definition) is 6. The minimum Gasteiger partial charge on any atom is -0.469 e. The maximum absolute atomic E-state index is 12.0. The van der Waals surface area contributed by atoms with Crippen molar-refractivity contribution in [2.75, 3.05) is 25.1 Å². The first-order valence-corrected chi connectivity index (χ1v) is 17.5. The zero-order valence-corrected chi connectivity index (χ0v) is 24.9. The molecule has 8 nitrogen and oxygen atoms in total. The second-order valence-electron chi connectivity index (χ2n) is 12.2. The molecule has 1 aliphatic heterocycles. The van der Waals surface area contributed by atoms with Gasteiger partial charge in [-0.3, -0.25) is 9.48 Å². The smallest absolute Gasteiger partial charge is 0.309 e. The molecule has 2 aromatic carbocycles. The summed E-state index contributed by atoms with van der Waals surface area (Å²) in [6.07, 6.45) is 3.94. The fraction of sp³-hybridized carbons (Fsp3) is 0.312. The molecule has 4 heterocycles. The second kappa shape index (κ2) is 9.31. The average Bonchev–Trinajstić information content (AvgIpc) is 3.30. The summed E-state index contributed by atoms with van der Waals surface area (Å²) >= 11 is 0. The molecule has 2 aliphatic rings. The highest BCUT2D eigenvalue weighted by molar-refractivity contribution is 6.83. The van der Waals surface area contributed by atoms with Crippen molar-refractivity contribution in [3.63, 3.8) is 0 Å². The van der Waals surface area contributed by atoms with Gasteiger partial charge in [-0.25, -0.2) is 9.67 Å². The molecule has 2 unspecified atom stereocenters. The fourth-order valence-corrected chi connectivity index (χ4v) is 6.68. The Morgan fingerprint density at radius 1 is 1.00 bits per heavy atom. The topological polar surface area (TPSA) is 78.1 Å². The van der Waals surface area contributed by atoms with Crippen LogP contribution in [0, 0.1) is 29.2 Å². The van der Waals surface area contributed by atoms with Crippen LogP contribution in [0.2, 0.25) is 19.6 Å². The number of rotatable bonds is 4. The number of ether oxygens (including phenoxy) is 1. The van der Waals surface area contributed by atoms with Crippen LogP contribution in [-0.2, 0) is 16.6 Å². The van der Waals surface area contributed by atoms with E-state index in [1.807, 2.05) is 40.9 Å². The van der Waals surface area contributed by atoms with Gasteiger partial charge in [0.15, 0.2) is 0 Å². The first-order chi connectivity index (χ1) is 19.7. The van der Waals surface area contributed by atoms with E-state index in [0.29, 0.717) is 11.8 Å². The summed E-state index contributed by atoms with van der Waals surface area (Å²) < 4.78 is 8.79. The van der Waals surface area contributed by atoms with Crippen molar-refractivity contribution in [2.24, 2.45) is 24.8 Å². The molecule has 0 N–H and O–H groups in total. The van der Waals surface area contributed by atoms with Crippen LogP contribution >= 0.6 is 0 Å². The number of para-hydroxylation sites is 1. The molecule has 0 radical (unpaired) electrons. The molecule has 2 fully saturated rings. The van der Waals surface area contributed by atoms with E-state index < -0.39 is 8.07 Å². The third kappa shape index (κ3) is 4.39. The number of esters is 1. The van der Waals surface area contributed by atoms with Crippen LogP contribution in [0.15, 0.2) is 60.9 Å². The summed E-state index contributed by atoms with van der Waals surface area (Å²) in [5.74, 6) is 5.10. The third-order valence-corrected chi connectivity index (χ3v) is 9.04. The first-order valence-electron chi connectivity index (χ1n) is 14.0. The van der Waals surface area contributed by atoms with Gasteiger partial charge >= 0.3 is 5.97 Å². The summed E-state index contributed by atoms with van der Waals surface area (Å²) in [5, 5.41) is 11.9. The van der Waals surface area contributed by atoms with E-state index >= 15 is 0 Å². The lowest BCUT2D eigenvalue weighted by molar-refractivity contribution is -0.142. The number of anilines is 1. The lowest BCUT2D eigenvalue weighted by Crippen LogP contribution is -2.27. The van der Waals surface area contributed by atoms with Gasteiger partial charge < -0.3 is 9.64 Å². The molecule has 3 aromatic heterocycles. The number of hydrogen-bond donors (Lipinski definition) is 0. The Morgan fingerprint density at radius 3 is 2.49 bits per heavy atom. The number of aromatic nitrogens is 5. The highest BCUT2D eigenvalue weighted by Crippen LogP contribution is 2.52. The largest absolute Gasteiger partial charge is 0.469 e. The number of benzene rings is 2. The van der Waals surface area contributed by atoms with Gasteiger partial charge in [-0.05, 0) is 36.1 Å². The van der Waals surface area contributed by atoms with E-state index in [4.69, 9.17) is 14.8 Å². The van der Waals surface area contributed by atoms with Crippen molar-refractivity contribution in [3.05, 3.63) is 66.5 Å². The second-order valence-corrected chi connectivity index (χ2v) is 16.9. The summed E-state index contributed by atoms with van der Waals surface area (Å²) in [6.45, 7) is 8.42. The van der Waals surface area contributed by atoms with Crippen LogP contribution in [0.5, 0.6) is 0 Å². The van der Waals surface area contributed by atoms with Gasteiger partial charge in [-0.15, -0.1) is 5.54 Å². The Kier molecular flexibility index (Phi) is 5.80. The number of pyridine rings is 1. The number of piperidine rings is 1. The molecule has 0 amide bonds. The number of nitrogens with zero attached hydrogens (tertiary/aromatic N) is 6. The average molecular weight is 561 g/mol. The molecule has 0 spiro atoms. The van der Waals surface area contributed by atoms with Crippen molar-refractivity contribution in [2.45, 2.75) is 19.6 Å². The molecule has 5 aromatic rings. The Labute approximate surface area is 239 Å². The highest BCUT2D eigenvalue weighted by Gasteiger charge is 2.60. The minimum atomic E-state index is -1.60. The van der Waals surface area contributed by atoms with E-state index in [0.717, 1.165) is 63.2 Å². The molecule has 2 atom stereocenters. The van der Waals surface area contributed by atoms with Gasteiger partial charge in [0.2, 0.25) is 0 Å². The molecule has 1 saturated heterocycles. The van der Waals surface area contributed by atoms with Gasteiger partial charge in [0.05, 0.1) is 41.5 Å². The molecule has 41 heavy (non-hydrogen) atoms. The Morgan fingerprint density at radius 2 is 1.78 bits per heavy atom. The summed E-state index contributed by atoms with van der Waals surface area (Å²) in [4.78, 5) is 19.1. The third-order valence-electron chi connectivity index (χ3n) is 8.16. The van der Waals surface area contributed by atoms with Crippen molar-refractivity contribution in [1.82, 2.24) is 24.5 Å². The van der Waals surface area contributed by atoms with Crippen LogP contribution in [0.25, 0.3) is 38.8 Å². The fourth-order valence-electron chi connectivity index (χ4n) is 6.17. The van der Waals surface area contributed by atoms with Crippen LogP contribution in [-0.4, -0.2) is 58.8 Å². The van der Waals surface area contributed by atoms with E-state index in [2.05, 4.69) is 77.5 Å². The van der Waals surface area contributed by atoms with Crippen molar-refractivity contribution in [3.8, 4) is 28.4 Å². The number of aryl methyl sites for hydroxylation is 1. The molecule has 1 aliphatic carbocycles. The molecular weight excluding hydrogens is 528 g/mol. The zero-order chi connectivity index (χ0) is 28.5. The predicted molar refractivity (Wildman–Crippen MR) is 163 cm³/mol. The van der Waals surface area contributed by atoms with Crippen molar-refractivity contribution >= 4 is 41.7 Å². The number of carbonyl (C=O) groups excluding carboxylic acids is 1. The normalized spacial score (nSPS) is 19.7. The Balaban J connectivity index is 1.32. The molecule has 206 valence electrons. The van der Waals surface area contributed by atoms with Gasteiger partial charge in [-0.2, -0.15) is 10.2 Å². The quantitative estimate of drug-likeness (QED) is 0.174. The predicted octanol–water partition coefficient (Wildman–Crippen LogP) is 5.06. The first kappa shape index (κ1) is 25.5. The van der Waals surface area contributed by atoms with Gasteiger partial charge in [-0.1, -0.05) is 49.8 Å². The van der Waals surface area contributed by atoms with Crippen molar-refractivity contribution in [1.29, 1.82) is 0 Å². The Bertz CT molecular complexity index is 1880. The minimum absolute atomic E-state index is 0.0457. The maximum atomic E-state index is 12.0. The van der Waals surface area contributed by atoms with E-state index in [1.54, 1.807) is 0 Å². The molecule has 7 rings (SSSR count). The standard InChI is InChI=1S/C32H32N6O2Si/c1-36-17-24-22(9-7-11-27(24)34-36)30-23-10-6-8-20(14-15-41(3,4)5)31(23)38(35-30)21-12-13-28(33-16-21)37-18-25-26(19-37)29(25)32(39)40-2/h6-13,16-17,25-26,29H,18-19H2,1-5H3. The van der Waals surface area contributed by atoms with Crippen LogP contribution in [0.4, 0.5) is 5.82 Å². The number of fused-ring (bicyclic) bond motifs is 3. The Hall–Kier alpha value is -4.42. The van der Waals surface area contributed by atoms with Gasteiger partial charge in [0, 0.05) is 42.7 Å².